The van der Waals surface area contributed by atoms with Gasteiger partial charge in [0.25, 0.3) is 0 Å². The highest BCUT2D eigenvalue weighted by atomic mass is 19.1. The summed E-state index contributed by atoms with van der Waals surface area (Å²) in [5, 5.41) is 3.59. The third kappa shape index (κ3) is 2.44. The van der Waals surface area contributed by atoms with Crippen molar-refractivity contribution in [2.45, 2.75) is 45.2 Å². The van der Waals surface area contributed by atoms with E-state index in [9.17, 15) is 4.39 Å². The first-order valence-corrected chi connectivity index (χ1v) is 7.20. The molecule has 0 radical (unpaired) electrons. The smallest absolute Gasteiger partial charge is 0.123 e. The molecular formula is C16H22FN. The van der Waals surface area contributed by atoms with Gasteiger partial charge in [-0.05, 0) is 61.6 Å². The maximum atomic E-state index is 13.1. The molecule has 1 nitrogen and oxygen atoms in total. The zero-order chi connectivity index (χ0) is 12.5. The zero-order valence-electron chi connectivity index (χ0n) is 11.0. The highest BCUT2D eigenvalue weighted by molar-refractivity contribution is 5.16. The fourth-order valence-electron chi connectivity index (χ4n) is 3.98. The number of hydrogen-bond donors (Lipinski definition) is 1. The molecule has 2 aliphatic rings. The van der Waals surface area contributed by atoms with Gasteiger partial charge in [0, 0.05) is 12.6 Å². The molecule has 0 amide bonds. The summed E-state index contributed by atoms with van der Waals surface area (Å²) in [6.07, 6.45) is 5.75. The fourth-order valence-corrected chi connectivity index (χ4v) is 3.98. The van der Waals surface area contributed by atoms with E-state index in [1.807, 2.05) is 6.07 Å². The number of benzene rings is 1. The zero-order valence-corrected chi connectivity index (χ0v) is 11.0. The predicted octanol–water partition coefficient (Wildman–Crippen LogP) is 3.74. The highest BCUT2D eigenvalue weighted by Gasteiger charge is 2.41. The molecule has 0 aromatic heterocycles. The third-order valence-corrected chi connectivity index (χ3v) is 4.95. The molecular weight excluding hydrogens is 225 g/mol. The average molecular weight is 247 g/mol. The van der Waals surface area contributed by atoms with Crippen LogP contribution in [0.5, 0.6) is 0 Å². The van der Waals surface area contributed by atoms with E-state index in [4.69, 9.17) is 0 Å². The maximum Gasteiger partial charge on any atom is 0.123 e. The number of nitrogens with one attached hydrogen (secondary N) is 1. The lowest BCUT2D eigenvalue weighted by molar-refractivity contribution is 0.259. The van der Waals surface area contributed by atoms with E-state index in [1.165, 1.54) is 31.7 Å². The van der Waals surface area contributed by atoms with Gasteiger partial charge < -0.3 is 5.32 Å². The Morgan fingerprint density at radius 3 is 2.89 bits per heavy atom. The van der Waals surface area contributed by atoms with Gasteiger partial charge in [-0.1, -0.05) is 18.6 Å². The second kappa shape index (κ2) is 5.00. The van der Waals surface area contributed by atoms with Crippen LogP contribution in [0.2, 0.25) is 0 Å². The van der Waals surface area contributed by atoms with Crippen molar-refractivity contribution < 1.29 is 4.39 Å². The summed E-state index contributed by atoms with van der Waals surface area (Å²) in [5.41, 5.74) is 1.05. The summed E-state index contributed by atoms with van der Waals surface area (Å²) >= 11 is 0. The quantitative estimate of drug-likeness (QED) is 0.854. The molecule has 1 aromatic rings. The minimum Gasteiger partial charge on any atom is -0.310 e. The minimum atomic E-state index is -0.137. The molecule has 4 atom stereocenters. The lowest BCUT2D eigenvalue weighted by atomic mass is 9.84. The molecule has 0 aliphatic heterocycles. The van der Waals surface area contributed by atoms with Gasteiger partial charge in [-0.15, -0.1) is 0 Å². The van der Waals surface area contributed by atoms with Crippen LogP contribution in [0.4, 0.5) is 4.39 Å². The van der Waals surface area contributed by atoms with E-state index in [0.717, 1.165) is 29.9 Å². The molecule has 0 unspecified atom stereocenters. The second-order valence-electron chi connectivity index (χ2n) is 6.14. The molecule has 1 aromatic carbocycles. The van der Waals surface area contributed by atoms with Crippen molar-refractivity contribution in [2.75, 3.05) is 0 Å². The molecule has 18 heavy (non-hydrogen) atoms. The van der Waals surface area contributed by atoms with Crippen molar-refractivity contribution in [3.05, 3.63) is 35.6 Å². The van der Waals surface area contributed by atoms with Crippen molar-refractivity contribution in [1.82, 2.24) is 5.32 Å². The summed E-state index contributed by atoms with van der Waals surface area (Å²) in [7, 11) is 0. The molecule has 3 rings (SSSR count). The molecule has 2 aliphatic carbocycles. The molecule has 2 heteroatoms. The van der Waals surface area contributed by atoms with Crippen molar-refractivity contribution in [3.8, 4) is 0 Å². The van der Waals surface area contributed by atoms with Crippen molar-refractivity contribution in [3.63, 3.8) is 0 Å². The Balaban J connectivity index is 1.54. The third-order valence-electron chi connectivity index (χ3n) is 4.95. The topological polar surface area (TPSA) is 12.0 Å². The summed E-state index contributed by atoms with van der Waals surface area (Å²) in [5.74, 6) is 2.66. The van der Waals surface area contributed by atoms with Crippen LogP contribution in [-0.2, 0) is 6.54 Å². The predicted molar refractivity (Wildman–Crippen MR) is 71.6 cm³/mol. The van der Waals surface area contributed by atoms with Crippen molar-refractivity contribution >= 4 is 0 Å². The first-order chi connectivity index (χ1) is 8.72. The molecule has 2 saturated carbocycles. The van der Waals surface area contributed by atoms with E-state index in [0.29, 0.717) is 6.04 Å². The number of halogens is 1. The van der Waals surface area contributed by atoms with Gasteiger partial charge >= 0.3 is 0 Å². The van der Waals surface area contributed by atoms with Crippen molar-refractivity contribution in [1.29, 1.82) is 0 Å². The number of rotatable bonds is 4. The molecule has 1 N–H and O–H groups in total. The normalized spacial score (nSPS) is 31.8. The van der Waals surface area contributed by atoms with Gasteiger partial charge in [-0.3, -0.25) is 0 Å². The van der Waals surface area contributed by atoms with Crippen molar-refractivity contribution in [2.24, 2.45) is 17.8 Å². The Labute approximate surface area is 109 Å². The van der Waals surface area contributed by atoms with Crippen LogP contribution < -0.4 is 5.32 Å². The van der Waals surface area contributed by atoms with E-state index < -0.39 is 0 Å². The van der Waals surface area contributed by atoms with Crippen LogP contribution >= 0.6 is 0 Å². The van der Waals surface area contributed by atoms with Gasteiger partial charge in [0.05, 0.1) is 0 Å². The highest BCUT2D eigenvalue weighted by Crippen LogP contribution is 2.49. The van der Waals surface area contributed by atoms with Crippen LogP contribution in [0.3, 0.4) is 0 Å². The van der Waals surface area contributed by atoms with Gasteiger partial charge in [0.1, 0.15) is 5.82 Å². The first-order valence-electron chi connectivity index (χ1n) is 7.20. The van der Waals surface area contributed by atoms with Gasteiger partial charge in [0.2, 0.25) is 0 Å². The lowest BCUT2D eigenvalue weighted by Gasteiger charge is -2.28. The summed E-state index contributed by atoms with van der Waals surface area (Å²) < 4.78 is 13.1. The molecule has 98 valence electrons. The Kier molecular flexibility index (Phi) is 3.38. The second-order valence-corrected chi connectivity index (χ2v) is 6.14. The molecule has 2 fully saturated rings. The van der Waals surface area contributed by atoms with Crippen LogP contribution in [0.15, 0.2) is 24.3 Å². The molecule has 0 saturated heterocycles. The van der Waals surface area contributed by atoms with Gasteiger partial charge in [0.15, 0.2) is 0 Å². The Hall–Kier alpha value is -0.890. The van der Waals surface area contributed by atoms with E-state index in [-0.39, 0.29) is 5.82 Å². The summed E-state index contributed by atoms with van der Waals surface area (Å²) in [4.78, 5) is 0. The lowest BCUT2D eigenvalue weighted by Crippen LogP contribution is -2.35. The SMILES string of the molecule is C[C@@H](NCc1cccc(F)c1)[C@@H]1C[C@H]2CC[C@H]1C2. The standard InChI is InChI=1S/C16H22FN/c1-11(16-9-12-5-6-14(16)7-12)18-10-13-3-2-4-15(17)8-13/h2-4,8,11-12,14,16,18H,5-7,9-10H2,1H3/t11-,12+,14+,16+/m1/s1. The van der Waals surface area contributed by atoms with Crippen LogP contribution in [0.1, 0.15) is 38.2 Å². The Morgan fingerprint density at radius 2 is 2.22 bits per heavy atom. The molecule has 0 heterocycles. The largest absolute Gasteiger partial charge is 0.310 e. The van der Waals surface area contributed by atoms with E-state index >= 15 is 0 Å². The van der Waals surface area contributed by atoms with Crippen LogP contribution in [-0.4, -0.2) is 6.04 Å². The van der Waals surface area contributed by atoms with Gasteiger partial charge in [-0.2, -0.15) is 0 Å². The average Bonchev–Trinajstić information content (AvgIpc) is 2.98. The fraction of sp³-hybridized carbons (Fsp3) is 0.625. The Bertz CT molecular complexity index is 417. The first kappa shape index (κ1) is 12.2. The Morgan fingerprint density at radius 1 is 1.33 bits per heavy atom. The number of fused-ring (bicyclic) bond motifs is 2. The van der Waals surface area contributed by atoms with Crippen LogP contribution in [0.25, 0.3) is 0 Å². The summed E-state index contributed by atoms with van der Waals surface area (Å²) in [6.45, 7) is 3.08. The van der Waals surface area contributed by atoms with Crippen LogP contribution in [0, 0.1) is 23.6 Å². The van der Waals surface area contributed by atoms with E-state index in [1.54, 1.807) is 12.1 Å². The van der Waals surface area contributed by atoms with E-state index in [2.05, 4.69) is 12.2 Å². The minimum absolute atomic E-state index is 0.137. The number of hydrogen-bond acceptors (Lipinski definition) is 1. The molecule has 2 bridgehead atoms. The monoisotopic (exact) mass is 247 g/mol. The van der Waals surface area contributed by atoms with Gasteiger partial charge in [-0.25, -0.2) is 4.39 Å². The maximum absolute atomic E-state index is 13.1. The summed E-state index contributed by atoms with van der Waals surface area (Å²) in [6, 6.07) is 7.46. The molecule has 0 spiro atoms.